The van der Waals surface area contributed by atoms with E-state index < -0.39 is 6.09 Å². The number of carboxylic acid groups (broad SMARTS) is 1. The standard InChI is InChI=1S/C13H12N2O3S/c16-12(8-11-2-1-7-19-11)14-9-3-5-10(6-4-9)15-13(17)18/h1-7,15H,8H2,(H,14,16)(H,17,18). The maximum Gasteiger partial charge on any atom is 0.409 e. The SMILES string of the molecule is O=C(O)Nc1ccc(NC(=O)Cc2cccs2)cc1. The van der Waals surface area contributed by atoms with Gasteiger partial charge in [-0.1, -0.05) is 6.07 Å². The van der Waals surface area contributed by atoms with Crippen molar-refractivity contribution in [2.45, 2.75) is 6.42 Å². The van der Waals surface area contributed by atoms with Crippen LogP contribution in [0.1, 0.15) is 4.88 Å². The van der Waals surface area contributed by atoms with E-state index >= 15 is 0 Å². The van der Waals surface area contributed by atoms with Gasteiger partial charge in [-0.3, -0.25) is 10.1 Å². The van der Waals surface area contributed by atoms with E-state index in [9.17, 15) is 9.59 Å². The van der Waals surface area contributed by atoms with Crippen LogP contribution in [0.5, 0.6) is 0 Å². The lowest BCUT2D eigenvalue weighted by atomic mass is 10.2. The van der Waals surface area contributed by atoms with Crippen molar-refractivity contribution in [3.8, 4) is 0 Å². The van der Waals surface area contributed by atoms with Crippen molar-refractivity contribution in [2.24, 2.45) is 0 Å². The summed E-state index contributed by atoms with van der Waals surface area (Å²) in [5.41, 5.74) is 1.10. The van der Waals surface area contributed by atoms with Gasteiger partial charge in [0, 0.05) is 16.3 Å². The first-order valence-electron chi connectivity index (χ1n) is 5.56. The molecule has 0 radical (unpaired) electrons. The number of thiophene rings is 1. The molecule has 3 N–H and O–H groups in total. The maximum atomic E-state index is 11.7. The van der Waals surface area contributed by atoms with Crippen LogP contribution < -0.4 is 10.6 Å². The van der Waals surface area contributed by atoms with E-state index in [1.54, 1.807) is 24.3 Å². The van der Waals surface area contributed by atoms with Crippen molar-refractivity contribution in [2.75, 3.05) is 10.6 Å². The molecular formula is C13H12N2O3S. The van der Waals surface area contributed by atoms with Gasteiger partial charge in [-0.25, -0.2) is 4.79 Å². The fourth-order valence-electron chi connectivity index (χ4n) is 1.54. The molecule has 5 nitrogen and oxygen atoms in total. The Balaban J connectivity index is 1.92. The fraction of sp³-hybridized carbons (Fsp3) is 0.0769. The molecule has 19 heavy (non-hydrogen) atoms. The number of amides is 2. The minimum Gasteiger partial charge on any atom is -0.465 e. The van der Waals surface area contributed by atoms with E-state index in [1.807, 2.05) is 17.5 Å². The predicted octanol–water partition coefficient (Wildman–Crippen LogP) is 3.02. The summed E-state index contributed by atoms with van der Waals surface area (Å²) in [4.78, 5) is 23.2. The highest BCUT2D eigenvalue weighted by Crippen LogP contribution is 2.15. The molecule has 0 spiro atoms. The highest BCUT2D eigenvalue weighted by Gasteiger charge is 2.05. The Bertz CT molecular complexity index is 564. The lowest BCUT2D eigenvalue weighted by molar-refractivity contribution is -0.115. The Morgan fingerprint density at radius 2 is 1.68 bits per heavy atom. The Kier molecular flexibility index (Phi) is 4.15. The van der Waals surface area contributed by atoms with Gasteiger partial charge in [0.25, 0.3) is 0 Å². The van der Waals surface area contributed by atoms with Gasteiger partial charge in [-0.05, 0) is 35.7 Å². The zero-order chi connectivity index (χ0) is 13.7. The van der Waals surface area contributed by atoms with Crippen LogP contribution in [0.4, 0.5) is 16.2 Å². The molecule has 0 saturated carbocycles. The van der Waals surface area contributed by atoms with Crippen LogP contribution in [0, 0.1) is 0 Å². The molecule has 2 aromatic rings. The zero-order valence-electron chi connectivity index (χ0n) is 9.92. The Morgan fingerprint density at radius 1 is 1.05 bits per heavy atom. The summed E-state index contributed by atoms with van der Waals surface area (Å²) in [5, 5.41) is 15.5. The number of hydrogen-bond donors (Lipinski definition) is 3. The molecule has 6 heteroatoms. The van der Waals surface area contributed by atoms with Gasteiger partial charge >= 0.3 is 6.09 Å². The van der Waals surface area contributed by atoms with Crippen molar-refractivity contribution in [3.05, 3.63) is 46.7 Å². The summed E-state index contributed by atoms with van der Waals surface area (Å²) in [7, 11) is 0. The first kappa shape index (κ1) is 13.1. The normalized spacial score (nSPS) is 9.89. The number of carbonyl (C=O) groups excluding carboxylic acids is 1. The molecule has 0 aliphatic carbocycles. The number of carbonyl (C=O) groups is 2. The quantitative estimate of drug-likeness (QED) is 0.803. The first-order chi connectivity index (χ1) is 9.13. The number of hydrogen-bond acceptors (Lipinski definition) is 3. The minimum atomic E-state index is -1.12. The van der Waals surface area contributed by atoms with E-state index in [1.165, 1.54) is 11.3 Å². The number of nitrogens with one attached hydrogen (secondary N) is 2. The summed E-state index contributed by atoms with van der Waals surface area (Å²) in [5.74, 6) is -0.0959. The smallest absolute Gasteiger partial charge is 0.409 e. The van der Waals surface area contributed by atoms with Gasteiger partial charge in [0.05, 0.1) is 6.42 Å². The highest BCUT2D eigenvalue weighted by molar-refractivity contribution is 7.10. The Hall–Kier alpha value is -2.34. The molecule has 98 valence electrons. The first-order valence-corrected chi connectivity index (χ1v) is 6.44. The molecule has 0 saturated heterocycles. The van der Waals surface area contributed by atoms with Crippen LogP contribution in [0.25, 0.3) is 0 Å². The van der Waals surface area contributed by atoms with Crippen molar-refractivity contribution in [3.63, 3.8) is 0 Å². The van der Waals surface area contributed by atoms with Gasteiger partial charge in [0.1, 0.15) is 0 Å². The van der Waals surface area contributed by atoms with Gasteiger partial charge in [-0.2, -0.15) is 0 Å². The molecule has 0 bridgehead atoms. The molecule has 1 heterocycles. The zero-order valence-corrected chi connectivity index (χ0v) is 10.7. The number of rotatable bonds is 4. The van der Waals surface area contributed by atoms with Crippen LogP contribution in [0.2, 0.25) is 0 Å². The van der Waals surface area contributed by atoms with Gasteiger partial charge in [0.15, 0.2) is 0 Å². The predicted molar refractivity (Wildman–Crippen MR) is 74.7 cm³/mol. The third-order valence-corrected chi connectivity index (χ3v) is 3.21. The second kappa shape index (κ2) is 6.01. The van der Waals surface area contributed by atoms with Gasteiger partial charge in [0.2, 0.25) is 5.91 Å². The van der Waals surface area contributed by atoms with Crippen LogP contribution >= 0.6 is 11.3 Å². The van der Waals surface area contributed by atoms with E-state index in [4.69, 9.17) is 5.11 Å². The second-order valence-electron chi connectivity index (χ2n) is 3.81. The third-order valence-electron chi connectivity index (χ3n) is 2.33. The van der Waals surface area contributed by atoms with Crippen LogP contribution in [-0.4, -0.2) is 17.1 Å². The van der Waals surface area contributed by atoms with E-state index in [0.29, 0.717) is 17.8 Å². The van der Waals surface area contributed by atoms with E-state index in [-0.39, 0.29) is 5.91 Å². The lowest BCUT2D eigenvalue weighted by Gasteiger charge is -2.05. The average Bonchev–Trinajstić information content (AvgIpc) is 2.83. The second-order valence-corrected chi connectivity index (χ2v) is 4.84. The number of benzene rings is 1. The van der Waals surface area contributed by atoms with Crippen molar-refractivity contribution < 1.29 is 14.7 Å². The molecular weight excluding hydrogens is 264 g/mol. The van der Waals surface area contributed by atoms with Gasteiger partial charge in [-0.15, -0.1) is 11.3 Å². The molecule has 0 atom stereocenters. The molecule has 2 amide bonds. The molecule has 0 aliphatic rings. The monoisotopic (exact) mass is 276 g/mol. The topological polar surface area (TPSA) is 78.4 Å². The van der Waals surface area contributed by atoms with Crippen LogP contribution in [0.15, 0.2) is 41.8 Å². The fourth-order valence-corrected chi connectivity index (χ4v) is 2.24. The Morgan fingerprint density at radius 3 is 2.21 bits per heavy atom. The molecule has 0 fully saturated rings. The molecule has 1 aromatic carbocycles. The van der Waals surface area contributed by atoms with Gasteiger partial charge < -0.3 is 10.4 Å². The van der Waals surface area contributed by atoms with Crippen molar-refractivity contribution >= 4 is 34.7 Å². The van der Waals surface area contributed by atoms with E-state index in [2.05, 4.69) is 10.6 Å². The van der Waals surface area contributed by atoms with Crippen molar-refractivity contribution in [1.29, 1.82) is 0 Å². The summed E-state index contributed by atoms with van der Waals surface area (Å²) >= 11 is 1.53. The molecule has 0 unspecified atom stereocenters. The van der Waals surface area contributed by atoms with Crippen molar-refractivity contribution in [1.82, 2.24) is 0 Å². The summed E-state index contributed by atoms with van der Waals surface area (Å²) in [6.07, 6.45) is -0.776. The lowest BCUT2D eigenvalue weighted by Crippen LogP contribution is -2.13. The maximum absolute atomic E-state index is 11.7. The third kappa shape index (κ3) is 4.11. The minimum absolute atomic E-state index is 0.0959. The van der Waals surface area contributed by atoms with Crippen LogP contribution in [-0.2, 0) is 11.2 Å². The van der Waals surface area contributed by atoms with Crippen LogP contribution in [0.3, 0.4) is 0 Å². The average molecular weight is 276 g/mol. The number of anilines is 2. The summed E-state index contributed by atoms with van der Waals surface area (Å²) in [6.45, 7) is 0. The Labute approximate surface area is 113 Å². The summed E-state index contributed by atoms with van der Waals surface area (Å²) in [6, 6.07) is 10.3. The largest absolute Gasteiger partial charge is 0.465 e. The van der Waals surface area contributed by atoms with E-state index in [0.717, 1.165) is 4.88 Å². The highest BCUT2D eigenvalue weighted by atomic mass is 32.1. The molecule has 2 rings (SSSR count). The molecule has 1 aromatic heterocycles. The molecule has 0 aliphatic heterocycles. The summed E-state index contributed by atoms with van der Waals surface area (Å²) < 4.78 is 0.